The minimum atomic E-state index is -0.370. The van der Waals surface area contributed by atoms with Crippen molar-refractivity contribution in [2.24, 2.45) is 0 Å². The molecule has 0 amide bonds. The molecule has 8 heteroatoms. The molecule has 3 aromatic heterocycles. The molecule has 7 nitrogen and oxygen atoms in total. The zero-order valence-corrected chi connectivity index (χ0v) is 12.9. The number of fused-ring (bicyclic) bond motifs is 1. The van der Waals surface area contributed by atoms with E-state index in [9.17, 15) is 4.79 Å². The van der Waals surface area contributed by atoms with Gasteiger partial charge in [-0.1, -0.05) is 16.7 Å². The normalized spacial score (nSPS) is 10.9. The van der Waals surface area contributed by atoms with Crippen LogP contribution < -0.4 is 5.32 Å². The largest absolute Gasteiger partial charge is 0.400 e. The molecule has 0 bridgehead atoms. The topological polar surface area (TPSA) is 96.7 Å². The van der Waals surface area contributed by atoms with Crippen LogP contribution in [-0.2, 0) is 0 Å². The van der Waals surface area contributed by atoms with Crippen LogP contribution in [0, 0.1) is 0 Å². The van der Waals surface area contributed by atoms with Crippen LogP contribution >= 0.6 is 11.6 Å². The second-order valence-corrected chi connectivity index (χ2v) is 5.41. The van der Waals surface area contributed by atoms with Gasteiger partial charge in [0.2, 0.25) is 0 Å². The summed E-state index contributed by atoms with van der Waals surface area (Å²) in [6, 6.07) is 10.7. The maximum absolute atomic E-state index is 12.5. The van der Waals surface area contributed by atoms with Gasteiger partial charge in [0.15, 0.2) is 0 Å². The molecule has 118 valence electrons. The van der Waals surface area contributed by atoms with Crippen LogP contribution in [0.5, 0.6) is 0 Å². The SMILES string of the molecule is O=C(c1nnc(Nc2ccc(Cl)cc2)o1)c1c[nH]c2ncccc12. The fourth-order valence-electron chi connectivity index (χ4n) is 2.28. The van der Waals surface area contributed by atoms with Crippen molar-refractivity contribution >= 4 is 40.1 Å². The Hall–Kier alpha value is -3.19. The van der Waals surface area contributed by atoms with Gasteiger partial charge in [-0.2, -0.15) is 0 Å². The quantitative estimate of drug-likeness (QED) is 0.552. The van der Waals surface area contributed by atoms with Gasteiger partial charge in [-0.15, -0.1) is 5.10 Å². The Balaban J connectivity index is 1.60. The Labute approximate surface area is 140 Å². The first-order chi connectivity index (χ1) is 11.7. The molecule has 0 aliphatic rings. The zero-order valence-electron chi connectivity index (χ0n) is 12.2. The van der Waals surface area contributed by atoms with E-state index < -0.39 is 0 Å². The number of carbonyl (C=O) groups excluding carboxylic acids is 1. The third-order valence-electron chi connectivity index (χ3n) is 3.41. The van der Waals surface area contributed by atoms with Crippen LogP contribution in [0.2, 0.25) is 5.02 Å². The van der Waals surface area contributed by atoms with Gasteiger partial charge in [-0.3, -0.25) is 4.79 Å². The van der Waals surface area contributed by atoms with Crippen molar-refractivity contribution < 1.29 is 9.21 Å². The first kappa shape index (κ1) is 14.4. The average Bonchev–Trinajstić information content (AvgIpc) is 3.23. The number of aromatic amines is 1. The zero-order chi connectivity index (χ0) is 16.5. The summed E-state index contributed by atoms with van der Waals surface area (Å²) >= 11 is 5.83. The molecule has 0 unspecified atom stereocenters. The van der Waals surface area contributed by atoms with Crippen LogP contribution in [0.15, 0.2) is 53.2 Å². The second kappa shape index (κ2) is 5.78. The first-order valence-electron chi connectivity index (χ1n) is 7.03. The number of ketones is 1. The maximum Gasteiger partial charge on any atom is 0.320 e. The summed E-state index contributed by atoms with van der Waals surface area (Å²) in [5, 5.41) is 11.9. The Morgan fingerprint density at radius 1 is 1.17 bits per heavy atom. The van der Waals surface area contributed by atoms with E-state index >= 15 is 0 Å². The number of anilines is 2. The Morgan fingerprint density at radius 3 is 2.83 bits per heavy atom. The van der Waals surface area contributed by atoms with Gasteiger partial charge in [0, 0.05) is 28.5 Å². The summed E-state index contributed by atoms with van der Waals surface area (Å²) in [4.78, 5) is 19.6. The Morgan fingerprint density at radius 2 is 2.00 bits per heavy atom. The van der Waals surface area contributed by atoms with Crippen molar-refractivity contribution in [3.05, 3.63) is 65.3 Å². The van der Waals surface area contributed by atoms with Crippen LogP contribution in [-0.4, -0.2) is 25.9 Å². The van der Waals surface area contributed by atoms with Crippen molar-refractivity contribution in [3.8, 4) is 0 Å². The first-order valence-corrected chi connectivity index (χ1v) is 7.41. The molecular weight excluding hydrogens is 330 g/mol. The number of rotatable bonds is 4. The Kier molecular flexibility index (Phi) is 3.47. The molecule has 4 aromatic rings. The molecule has 1 aromatic carbocycles. The lowest BCUT2D eigenvalue weighted by Crippen LogP contribution is -2.00. The highest BCUT2D eigenvalue weighted by Crippen LogP contribution is 2.21. The van der Waals surface area contributed by atoms with Gasteiger partial charge >= 0.3 is 6.01 Å². The molecule has 0 saturated carbocycles. The molecule has 0 radical (unpaired) electrons. The van der Waals surface area contributed by atoms with E-state index in [0.717, 1.165) is 5.69 Å². The van der Waals surface area contributed by atoms with Crippen LogP contribution in [0.3, 0.4) is 0 Å². The molecule has 4 rings (SSSR count). The molecule has 0 spiro atoms. The average molecular weight is 340 g/mol. The van der Waals surface area contributed by atoms with Gasteiger partial charge in [0.05, 0.1) is 5.56 Å². The summed E-state index contributed by atoms with van der Waals surface area (Å²) in [6.07, 6.45) is 3.23. The number of nitrogens with zero attached hydrogens (tertiary/aromatic N) is 3. The van der Waals surface area contributed by atoms with Crippen LogP contribution in [0.4, 0.5) is 11.7 Å². The summed E-state index contributed by atoms with van der Waals surface area (Å²) in [6.45, 7) is 0. The lowest BCUT2D eigenvalue weighted by molar-refractivity contribution is 0.100. The lowest BCUT2D eigenvalue weighted by Gasteiger charge is -2.00. The summed E-state index contributed by atoms with van der Waals surface area (Å²) in [7, 11) is 0. The molecule has 3 heterocycles. The standard InChI is InChI=1S/C16H10ClN5O2/c17-9-3-5-10(6-4-9)20-16-22-21-15(24-16)13(23)12-8-19-14-11(12)2-1-7-18-14/h1-8H,(H,18,19)(H,20,22). The predicted molar refractivity (Wildman–Crippen MR) is 88.6 cm³/mol. The van der Waals surface area contributed by atoms with Crippen LogP contribution in [0.1, 0.15) is 16.2 Å². The number of nitrogens with one attached hydrogen (secondary N) is 2. The number of hydrogen-bond donors (Lipinski definition) is 2. The number of H-pyrrole nitrogens is 1. The minimum absolute atomic E-state index is 0.101. The highest BCUT2D eigenvalue weighted by molar-refractivity contribution is 6.30. The molecule has 2 N–H and O–H groups in total. The smallest absolute Gasteiger partial charge is 0.320 e. The summed E-state index contributed by atoms with van der Waals surface area (Å²) in [5.41, 5.74) is 1.78. The molecule has 0 aliphatic heterocycles. The fourth-order valence-corrected chi connectivity index (χ4v) is 2.41. The molecule has 24 heavy (non-hydrogen) atoms. The fraction of sp³-hybridized carbons (Fsp3) is 0. The molecular formula is C16H10ClN5O2. The summed E-state index contributed by atoms with van der Waals surface area (Å²) < 4.78 is 5.40. The highest BCUT2D eigenvalue weighted by atomic mass is 35.5. The maximum atomic E-state index is 12.5. The van der Waals surface area contributed by atoms with E-state index in [1.54, 1.807) is 48.8 Å². The third-order valence-corrected chi connectivity index (χ3v) is 3.66. The van der Waals surface area contributed by atoms with Crippen molar-refractivity contribution in [2.75, 3.05) is 5.32 Å². The van der Waals surface area contributed by atoms with E-state index in [0.29, 0.717) is 21.6 Å². The number of carbonyl (C=O) groups is 1. The van der Waals surface area contributed by atoms with Gasteiger partial charge < -0.3 is 14.7 Å². The number of aromatic nitrogens is 4. The lowest BCUT2D eigenvalue weighted by atomic mass is 10.1. The Bertz CT molecular complexity index is 1020. The van der Waals surface area contributed by atoms with E-state index in [4.69, 9.17) is 16.0 Å². The van der Waals surface area contributed by atoms with E-state index in [1.807, 2.05) is 0 Å². The van der Waals surface area contributed by atoms with E-state index in [2.05, 4.69) is 25.5 Å². The predicted octanol–water partition coefficient (Wildman–Crippen LogP) is 3.57. The molecule has 0 aliphatic carbocycles. The highest BCUT2D eigenvalue weighted by Gasteiger charge is 2.20. The van der Waals surface area contributed by atoms with Crippen LogP contribution in [0.25, 0.3) is 11.0 Å². The van der Waals surface area contributed by atoms with E-state index in [-0.39, 0.29) is 17.7 Å². The van der Waals surface area contributed by atoms with Crippen molar-refractivity contribution in [1.82, 2.24) is 20.2 Å². The number of benzene rings is 1. The number of pyridine rings is 1. The monoisotopic (exact) mass is 339 g/mol. The molecule has 0 saturated heterocycles. The van der Waals surface area contributed by atoms with Crippen molar-refractivity contribution in [3.63, 3.8) is 0 Å². The number of halogens is 1. The minimum Gasteiger partial charge on any atom is -0.400 e. The van der Waals surface area contributed by atoms with Gasteiger partial charge in [-0.05, 0) is 36.4 Å². The van der Waals surface area contributed by atoms with Crippen molar-refractivity contribution in [1.29, 1.82) is 0 Å². The van der Waals surface area contributed by atoms with Gasteiger partial charge in [0.25, 0.3) is 11.7 Å². The van der Waals surface area contributed by atoms with Gasteiger partial charge in [-0.25, -0.2) is 4.98 Å². The third kappa shape index (κ3) is 2.61. The molecule has 0 fully saturated rings. The second-order valence-electron chi connectivity index (χ2n) is 4.98. The van der Waals surface area contributed by atoms with E-state index in [1.165, 1.54) is 0 Å². The van der Waals surface area contributed by atoms with Gasteiger partial charge in [0.1, 0.15) is 5.65 Å². The number of hydrogen-bond acceptors (Lipinski definition) is 6. The summed E-state index contributed by atoms with van der Waals surface area (Å²) in [5.74, 6) is -0.470. The molecule has 0 atom stereocenters. The van der Waals surface area contributed by atoms with Crippen molar-refractivity contribution in [2.45, 2.75) is 0 Å².